The number of quaternary nitrogens is 1. The van der Waals surface area contributed by atoms with Gasteiger partial charge < -0.3 is 14.3 Å². The van der Waals surface area contributed by atoms with Crippen molar-refractivity contribution in [2.45, 2.75) is 13.0 Å². The van der Waals surface area contributed by atoms with E-state index >= 15 is 0 Å². The minimum Gasteiger partial charge on any atom is -0.490 e. The third-order valence-corrected chi connectivity index (χ3v) is 5.20. The average molecular weight is 358 g/mol. The zero-order chi connectivity index (χ0) is 18.2. The summed E-state index contributed by atoms with van der Waals surface area (Å²) in [5, 5.41) is 11.6. The molecule has 0 fully saturated rings. The summed E-state index contributed by atoms with van der Waals surface area (Å²) in [6, 6.07) is 11.5. The fourth-order valence-electron chi connectivity index (χ4n) is 2.96. The van der Waals surface area contributed by atoms with Crippen molar-refractivity contribution in [3.8, 4) is 5.75 Å². The molecule has 0 aliphatic rings. The molecule has 3 aromatic rings. The summed E-state index contributed by atoms with van der Waals surface area (Å²) in [7, 11) is 6.09. The van der Waals surface area contributed by atoms with Gasteiger partial charge >= 0.3 is 0 Å². The fraction of sp³-hybridized carbons (Fsp3) is 0.350. The van der Waals surface area contributed by atoms with E-state index in [2.05, 4.69) is 0 Å². The molecule has 1 unspecified atom stereocenters. The molecule has 0 bridgehead atoms. The molecular formula is C20H24NO3S+. The predicted molar refractivity (Wildman–Crippen MR) is 105 cm³/mol. The smallest absolute Gasteiger partial charge is 0.196 e. The Hall–Kier alpha value is -1.95. The lowest BCUT2D eigenvalue weighted by Crippen LogP contribution is -2.43. The molecule has 0 saturated carbocycles. The molecule has 1 atom stereocenters. The van der Waals surface area contributed by atoms with Crippen molar-refractivity contribution >= 4 is 31.5 Å². The van der Waals surface area contributed by atoms with Gasteiger partial charge in [-0.25, -0.2) is 0 Å². The molecular weight excluding hydrogens is 334 g/mol. The number of aliphatic hydroxyl groups excluding tert-OH is 1. The maximum Gasteiger partial charge on any atom is 0.196 e. The molecule has 0 amide bonds. The predicted octanol–water partition coefficient (Wildman–Crippen LogP) is 3.17. The van der Waals surface area contributed by atoms with E-state index in [0.29, 0.717) is 22.2 Å². The summed E-state index contributed by atoms with van der Waals surface area (Å²) in [6.07, 6.45) is -0.554. The number of ether oxygens (including phenoxy) is 1. The largest absolute Gasteiger partial charge is 0.490 e. The SMILES string of the molecule is Cc1cc2sc3ccccc3c(=O)c2cc1OCC(O)C[N+](C)(C)C. The Bertz CT molecular complexity index is 972. The van der Waals surface area contributed by atoms with Crippen LogP contribution in [0.15, 0.2) is 41.2 Å². The van der Waals surface area contributed by atoms with Crippen LogP contribution in [-0.2, 0) is 0 Å². The first-order valence-electron chi connectivity index (χ1n) is 8.32. The lowest BCUT2D eigenvalue weighted by atomic mass is 10.1. The van der Waals surface area contributed by atoms with E-state index in [4.69, 9.17) is 4.74 Å². The number of likely N-dealkylation sites (N-methyl/N-ethyl adjacent to an activating group) is 1. The highest BCUT2D eigenvalue weighted by Crippen LogP contribution is 2.30. The van der Waals surface area contributed by atoms with E-state index in [0.717, 1.165) is 20.3 Å². The van der Waals surface area contributed by atoms with Gasteiger partial charge in [-0.2, -0.15) is 0 Å². The number of aliphatic hydroxyl groups is 1. The lowest BCUT2D eigenvalue weighted by Gasteiger charge is -2.26. The van der Waals surface area contributed by atoms with E-state index in [9.17, 15) is 9.90 Å². The Kier molecular flexibility index (Phi) is 4.82. The van der Waals surface area contributed by atoms with E-state index in [1.165, 1.54) is 0 Å². The number of rotatable bonds is 5. The van der Waals surface area contributed by atoms with Crippen LogP contribution in [0.4, 0.5) is 0 Å². The Balaban J connectivity index is 1.94. The number of hydrogen-bond acceptors (Lipinski definition) is 4. The Labute approximate surface area is 151 Å². The number of fused-ring (bicyclic) bond motifs is 2. The van der Waals surface area contributed by atoms with Crippen LogP contribution in [0.1, 0.15) is 5.56 Å². The number of aryl methyl sites for hydroxylation is 1. The van der Waals surface area contributed by atoms with Gasteiger partial charge in [0, 0.05) is 20.2 Å². The van der Waals surface area contributed by atoms with E-state index in [1.54, 1.807) is 11.3 Å². The average Bonchev–Trinajstić information content (AvgIpc) is 2.52. The maximum atomic E-state index is 12.8. The minimum atomic E-state index is -0.554. The first-order chi connectivity index (χ1) is 11.7. The summed E-state index contributed by atoms with van der Waals surface area (Å²) in [5.41, 5.74) is 0.997. The summed E-state index contributed by atoms with van der Waals surface area (Å²) in [5.74, 6) is 0.660. The molecule has 1 heterocycles. The summed E-state index contributed by atoms with van der Waals surface area (Å²) < 4.78 is 8.44. The fourth-order valence-corrected chi connectivity index (χ4v) is 4.11. The van der Waals surface area contributed by atoms with Crippen LogP contribution in [0.2, 0.25) is 0 Å². The lowest BCUT2D eigenvalue weighted by molar-refractivity contribution is -0.873. The number of benzene rings is 2. The molecule has 25 heavy (non-hydrogen) atoms. The molecule has 2 aromatic carbocycles. The molecule has 3 rings (SSSR count). The van der Waals surface area contributed by atoms with Crippen molar-refractivity contribution in [3.05, 3.63) is 52.2 Å². The van der Waals surface area contributed by atoms with Gasteiger partial charge in [-0.1, -0.05) is 12.1 Å². The second-order valence-corrected chi connectivity index (χ2v) is 8.56. The molecule has 5 heteroatoms. The molecule has 4 nitrogen and oxygen atoms in total. The van der Waals surface area contributed by atoms with Gasteiger partial charge in [-0.05, 0) is 36.8 Å². The zero-order valence-electron chi connectivity index (χ0n) is 15.1. The van der Waals surface area contributed by atoms with Crippen LogP contribution in [-0.4, -0.2) is 50.0 Å². The van der Waals surface area contributed by atoms with Gasteiger partial charge in [-0.3, -0.25) is 4.79 Å². The van der Waals surface area contributed by atoms with Gasteiger partial charge in [0.15, 0.2) is 5.43 Å². The molecule has 1 aromatic heterocycles. The van der Waals surface area contributed by atoms with Crippen LogP contribution in [0.5, 0.6) is 5.75 Å². The minimum absolute atomic E-state index is 0.0288. The summed E-state index contributed by atoms with van der Waals surface area (Å²) in [6.45, 7) is 2.78. The molecule has 0 radical (unpaired) electrons. The first kappa shape index (κ1) is 17.9. The summed E-state index contributed by atoms with van der Waals surface area (Å²) in [4.78, 5) is 12.8. The van der Waals surface area contributed by atoms with Gasteiger partial charge in [0.25, 0.3) is 0 Å². The second-order valence-electron chi connectivity index (χ2n) is 7.48. The molecule has 132 valence electrons. The zero-order valence-corrected chi connectivity index (χ0v) is 15.9. The Morgan fingerprint density at radius 3 is 2.56 bits per heavy atom. The van der Waals surface area contributed by atoms with Gasteiger partial charge in [-0.15, -0.1) is 11.3 Å². The molecule has 0 aliphatic heterocycles. The van der Waals surface area contributed by atoms with Crippen molar-refractivity contribution in [1.82, 2.24) is 0 Å². The topological polar surface area (TPSA) is 46.5 Å². The van der Waals surface area contributed by atoms with E-state index in [-0.39, 0.29) is 12.0 Å². The quantitative estimate of drug-likeness (QED) is 0.563. The highest BCUT2D eigenvalue weighted by molar-refractivity contribution is 7.24. The Morgan fingerprint density at radius 2 is 1.84 bits per heavy atom. The molecule has 0 saturated heterocycles. The molecule has 1 N–H and O–H groups in total. The van der Waals surface area contributed by atoms with Crippen molar-refractivity contribution in [2.75, 3.05) is 34.3 Å². The monoisotopic (exact) mass is 358 g/mol. The van der Waals surface area contributed by atoms with Crippen molar-refractivity contribution < 1.29 is 14.3 Å². The van der Waals surface area contributed by atoms with Crippen LogP contribution in [0.25, 0.3) is 20.2 Å². The number of nitrogens with zero attached hydrogens (tertiary/aromatic N) is 1. The van der Waals surface area contributed by atoms with Crippen molar-refractivity contribution in [1.29, 1.82) is 0 Å². The first-order valence-corrected chi connectivity index (χ1v) is 9.14. The highest BCUT2D eigenvalue weighted by atomic mass is 32.1. The molecule has 0 aliphatic carbocycles. The van der Waals surface area contributed by atoms with Crippen LogP contribution in [0, 0.1) is 6.92 Å². The van der Waals surface area contributed by atoms with E-state index < -0.39 is 6.10 Å². The Morgan fingerprint density at radius 1 is 1.12 bits per heavy atom. The van der Waals surface area contributed by atoms with Gasteiger partial charge in [0.05, 0.1) is 21.1 Å². The molecule has 0 spiro atoms. The van der Waals surface area contributed by atoms with E-state index in [1.807, 2.05) is 64.5 Å². The van der Waals surface area contributed by atoms with Gasteiger partial charge in [0.1, 0.15) is 25.0 Å². The second kappa shape index (κ2) is 6.75. The standard InChI is InChI=1S/C20H24NO3S/c1-13-9-19-16(20(23)15-7-5-6-8-18(15)25-19)10-17(13)24-12-14(22)11-21(2,3)4/h5-10,14,22H,11-12H2,1-4H3/q+1. The van der Waals surface area contributed by atoms with Crippen LogP contribution in [0.3, 0.4) is 0 Å². The third-order valence-electron chi connectivity index (χ3n) is 4.06. The number of hydrogen-bond donors (Lipinski definition) is 1. The summed E-state index contributed by atoms with van der Waals surface area (Å²) >= 11 is 1.61. The normalized spacial score (nSPS) is 13.3. The van der Waals surface area contributed by atoms with Crippen LogP contribution >= 0.6 is 11.3 Å². The van der Waals surface area contributed by atoms with Crippen molar-refractivity contribution in [3.63, 3.8) is 0 Å². The van der Waals surface area contributed by atoms with Crippen LogP contribution < -0.4 is 10.2 Å². The maximum absolute atomic E-state index is 12.8. The van der Waals surface area contributed by atoms with Crippen molar-refractivity contribution in [2.24, 2.45) is 0 Å². The van der Waals surface area contributed by atoms with Gasteiger partial charge in [0.2, 0.25) is 0 Å². The highest BCUT2D eigenvalue weighted by Gasteiger charge is 2.17. The third kappa shape index (κ3) is 4.00.